The molecule has 1 aliphatic carbocycles. The molecule has 0 aromatic heterocycles. The van der Waals surface area contributed by atoms with Crippen molar-refractivity contribution in [3.05, 3.63) is 96.0 Å². The van der Waals surface area contributed by atoms with Gasteiger partial charge in [-0.15, -0.1) is 0 Å². The molecule has 2 atom stereocenters. The predicted molar refractivity (Wildman–Crippen MR) is 134 cm³/mol. The second-order valence-corrected chi connectivity index (χ2v) is 8.84. The van der Waals surface area contributed by atoms with Crippen molar-refractivity contribution in [2.45, 2.75) is 45.6 Å². The van der Waals surface area contributed by atoms with Gasteiger partial charge in [0.1, 0.15) is 5.82 Å². The molecule has 3 aromatic carbocycles. The molecule has 0 fully saturated rings. The molecular weight excluding hydrogens is 449 g/mol. The Hall–Kier alpha value is -3.31. The van der Waals surface area contributed by atoms with Crippen LogP contribution in [0.15, 0.2) is 73.0 Å². The van der Waals surface area contributed by atoms with Crippen molar-refractivity contribution in [3.63, 3.8) is 0 Å². The van der Waals surface area contributed by atoms with Crippen LogP contribution in [-0.2, 0) is 0 Å². The van der Waals surface area contributed by atoms with E-state index in [0.29, 0.717) is 16.7 Å². The van der Waals surface area contributed by atoms with Gasteiger partial charge in [0.15, 0.2) is 11.6 Å². The van der Waals surface area contributed by atoms with Gasteiger partial charge in [-0.2, -0.15) is 4.39 Å². The Bertz CT molecular complexity index is 1250. The van der Waals surface area contributed by atoms with Crippen molar-refractivity contribution in [1.29, 1.82) is 0 Å². The summed E-state index contributed by atoms with van der Waals surface area (Å²) in [6.45, 7) is 3.69. The molecule has 0 aliphatic heterocycles. The number of hydrogen-bond donors (Lipinski definition) is 1. The molecule has 1 N–H and O–H groups in total. The lowest BCUT2D eigenvalue weighted by Crippen LogP contribution is -2.21. The maximum Gasteiger partial charge on any atom is 0.201 e. The van der Waals surface area contributed by atoms with E-state index < -0.39 is 11.6 Å². The lowest BCUT2D eigenvalue weighted by atomic mass is 9.82. The van der Waals surface area contributed by atoms with Crippen LogP contribution >= 0.6 is 0 Å². The summed E-state index contributed by atoms with van der Waals surface area (Å²) in [5.41, 5.74) is 3.63. The largest absolute Gasteiger partial charge is 0.462 e. The van der Waals surface area contributed by atoms with E-state index in [1.165, 1.54) is 18.4 Å². The smallest absolute Gasteiger partial charge is 0.201 e. The quantitative estimate of drug-likeness (QED) is 0.346. The summed E-state index contributed by atoms with van der Waals surface area (Å²) in [7, 11) is 0. The lowest BCUT2D eigenvalue weighted by molar-refractivity contribution is 0.0989. The highest BCUT2D eigenvalue weighted by Crippen LogP contribution is 2.35. The van der Waals surface area contributed by atoms with Crippen LogP contribution in [0.25, 0.3) is 27.8 Å². The molecule has 0 radical (unpaired) electrons. The minimum absolute atomic E-state index is 0.105. The van der Waals surface area contributed by atoms with E-state index in [2.05, 4.69) is 6.08 Å². The SMILES string of the molecule is C/C=C\Oc1ccc(-c2ccc(-c3ccc(C4=CCC(C(O)CC)CC4)cc3F)cc2)c(F)c1F. The van der Waals surface area contributed by atoms with E-state index in [4.69, 9.17) is 4.74 Å². The minimum atomic E-state index is -1.06. The van der Waals surface area contributed by atoms with Gasteiger partial charge in [-0.25, -0.2) is 8.78 Å². The molecule has 2 unspecified atom stereocenters. The van der Waals surface area contributed by atoms with Gasteiger partial charge in [0.2, 0.25) is 5.82 Å². The lowest BCUT2D eigenvalue weighted by Gasteiger charge is -2.26. The molecule has 0 heterocycles. The fourth-order valence-corrected chi connectivity index (χ4v) is 4.56. The average Bonchev–Trinajstić information content (AvgIpc) is 2.89. The third-order valence-electron chi connectivity index (χ3n) is 6.64. The Balaban J connectivity index is 1.53. The van der Waals surface area contributed by atoms with Gasteiger partial charge >= 0.3 is 0 Å². The van der Waals surface area contributed by atoms with Crippen molar-refractivity contribution in [2.75, 3.05) is 0 Å². The second kappa shape index (κ2) is 11.0. The molecule has 182 valence electrons. The Morgan fingerprint density at radius 1 is 0.943 bits per heavy atom. The van der Waals surface area contributed by atoms with Crippen LogP contribution in [0.3, 0.4) is 0 Å². The third kappa shape index (κ3) is 5.35. The Morgan fingerprint density at radius 2 is 1.60 bits per heavy atom. The van der Waals surface area contributed by atoms with E-state index in [1.54, 1.807) is 49.4 Å². The van der Waals surface area contributed by atoms with Gasteiger partial charge < -0.3 is 9.84 Å². The van der Waals surface area contributed by atoms with E-state index in [-0.39, 0.29) is 29.2 Å². The summed E-state index contributed by atoms with van der Waals surface area (Å²) in [5.74, 6) is -2.31. The van der Waals surface area contributed by atoms with Crippen LogP contribution in [0.4, 0.5) is 13.2 Å². The van der Waals surface area contributed by atoms with Crippen LogP contribution < -0.4 is 4.74 Å². The zero-order chi connectivity index (χ0) is 24.9. The first kappa shape index (κ1) is 24.8. The van der Waals surface area contributed by atoms with Gasteiger partial charge in [-0.05, 0) is 79.0 Å². The fraction of sp³-hybridized carbons (Fsp3) is 0.267. The second-order valence-electron chi connectivity index (χ2n) is 8.84. The number of allylic oxidation sites excluding steroid dienone is 3. The summed E-state index contributed by atoms with van der Waals surface area (Å²) >= 11 is 0. The highest BCUT2D eigenvalue weighted by Gasteiger charge is 2.22. The molecule has 0 bridgehead atoms. The molecule has 35 heavy (non-hydrogen) atoms. The summed E-state index contributed by atoms with van der Waals surface area (Å²) in [6, 6.07) is 14.7. The zero-order valence-electron chi connectivity index (χ0n) is 19.9. The summed E-state index contributed by atoms with van der Waals surface area (Å²) in [4.78, 5) is 0. The monoisotopic (exact) mass is 478 g/mol. The van der Waals surface area contributed by atoms with Crippen molar-refractivity contribution < 1.29 is 23.0 Å². The van der Waals surface area contributed by atoms with Crippen LogP contribution in [0.1, 0.15) is 45.1 Å². The minimum Gasteiger partial charge on any atom is -0.462 e. The van der Waals surface area contributed by atoms with Crippen molar-refractivity contribution in [2.24, 2.45) is 5.92 Å². The number of hydrogen-bond acceptors (Lipinski definition) is 2. The first-order valence-corrected chi connectivity index (χ1v) is 12.0. The third-order valence-corrected chi connectivity index (χ3v) is 6.64. The number of halogens is 3. The molecule has 0 saturated carbocycles. The van der Waals surface area contributed by atoms with Crippen LogP contribution in [0.5, 0.6) is 5.75 Å². The van der Waals surface area contributed by atoms with Crippen LogP contribution in [0, 0.1) is 23.4 Å². The molecule has 4 rings (SSSR count). The maximum atomic E-state index is 15.0. The molecule has 1 aliphatic rings. The standard InChI is InChI=1S/C30H29F3O2/c1-3-17-35-28-16-15-25(29(32)30(28)33)21-9-7-20(8-10-21)24-14-13-23(18-26(24)31)19-5-11-22(12-6-19)27(34)4-2/h3,5,7-10,13-18,22,27,34H,4,6,11-12H2,1-2H3/b17-3-. The first-order chi connectivity index (χ1) is 16.9. The number of rotatable bonds is 7. The highest BCUT2D eigenvalue weighted by atomic mass is 19.2. The molecule has 0 amide bonds. The van der Waals surface area contributed by atoms with Gasteiger partial charge in [0.25, 0.3) is 0 Å². The topological polar surface area (TPSA) is 29.5 Å². The van der Waals surface area contributed by atoms with Crippen molar-refractivity contribution in [3.8, 4) is 28.0 Å². The zero-order valence-corrected chi connectivity index (χ0v) is 19.9. The number of benzene rings is 3. The Morgan fingerprint density at radius 3 is 2.20 bits per heavy atom. The van der Waals surface area contributed by atoms with Crippen LogP contribution in [-0.4, -0.2) is 11.2 Å². The molecule has 2 nitrogen and oxygen atoms in total. The fourth-order valence-electron chi connectivity index (χ4n) is 4.56. The Kier molecular flexibility index (Phi) is 7.76. The van der Waals surface area contributed by atoms with Crippen molar-refractivity contribution >= 4 is 5.57 Å². The number of ether oxygens (including phenoxy) is 1. The van der Waals surface area contributed by atoms with Gasteiger partial charge in [-0.3, -0.25) is 0 Å². The summed E-state index contributed by atoms with van der Waals surface area (Å²) in [6.07, 6.45) is 7.94. The van der Waals surface area contributed by atoms with E-state index in [0.717, 1.165) is 36.8 Å². The molecule has 5 heteroatoms. The van der Waals surface area contributed by atoms with Gasteiger partial charge in [-0.1, -0.05) is 55.5 Å². The summed E-state index contributed by atoms with van der Waals surface area (Å²) in [5, 5.41) is 10.1. The van der Waals surface area contributed by atoms with E-state index in [1.807, 2.05) is 13.0 Å². The van der Waals surface area contributed by atoms with Crippen molar-refractivity contribution in [1.82, 2.24) is 0 Å². The highest BCUT2D eigenvalue weighted by molar-refractivity contribution is 5.74. The van der Waals surface area contributed by atoms with E-state index >= 15 is 4.39 Å². The first-order valence-electron chi connectivity index (χ1n) is 12.0. The molecule has 0 saturated heterocycles. The van der Waals surface area contributed by atoms with E-state index in [9.17, 15) is 13.9 Å². The normalized spacial score (nSPS) is 16.9. The Labute approximate surface area is 204 Å². The van der Waals surface area contributed by atoms with Gasteiger partial charge in [0.05, 0.1) is 12.4 Å². The predicted octanol–water partition coefficient (Wildman–Crippen LogP) is 8.30. The molecule has 0 spiro atoms. The maximum absolute atomic E-state index is 15.0. The number of aliphatic hydroxyl groups is 1. The van der Waals surface area contributed by atoms with Gasteiger partial charge in [0, 0.05) is 11.1 Å². The van der Waals surface area contributed by atoms with Crippen LogP contribution in [0.2, 0.25) is 0 Å². The number of aliphatic hydroxyl groups excluding tert-OH is 1. The molecule has 3 aromatic rings. The molecular formula is C30H29F3O2. The average molecular weight is 479 g/mol. The summed E-state index contributed by atoms with van der Waals surface area (Å²) < 4.78 is 49.1.